The van der Waals surface area contributed by atoms with E-state index < -0.39 is 6.10 Å². The lowest BCUT2D eigenvalue weighted by molar-refractivity contribution is -0.123. The van der Waals surface area contributed by atoms with E-state index in [9.17, 15) is 9.90 Å². The Morgan fingerprint density at radius 2 is 2.04 bits per heavy atom. The zero-order chi connectivity index (χ0) is 17.5. The summed E-state index contributed by atoms with van der Waals surface area (Å²) >= 11 is 0. The number of hydrogen-bond acceptors (Lipinski definition) is 3. The highest BCUT2D eigenvalue weighted by atomic mass is 16.3. The molecular weight excluding hydrogens is 300 g/mol. The van der Waals surface area contributed by atoms with Crippen molar-refractivity contribution in [2.75, 3.05) is 13.1 Å². The van der Waals surface area contributed by atoms with Crippen LogP contribution in [0.25, 0.3) is 0 Å². The number of likely N-dealkylation sites (tertiary alicyclic amines) is 1. The predicted octanol–water partition coefficient (Wildman–Crippen LogP) is 2.94. The van der Waals surface area contributed by atoms with Crippen LogP contribution < -0.4 is 5.32 Å². The summed E-state index contributed by atoms with van der Waals surface area (Å²) in [6.45, 7) is 9.96. The molecule has 1 saturated heterocycles. The van der Waals surface area contributed by atoms with Crippen LogP contribution in [0.2, 0.25) is 0 Å². The second kappa shape index (κ2) is 9.19. The van der Waals surface area contributed by atoms with Crippen molar-refractivity contribution in [1.82, 2.24) is 10.2 Å². The van der Waals surface area contributed by atoms with Crippen LogP contribution in [0.5, 0.6) is 0 Å². The molecule has 1 aliphatic heterocycles. The van der Waals surface area contributed by atoms with Gasteiger partial charge < -0.3 is 10.4 Å². The average Bonchev–Trinajstić information content (AvgIpc) is 2.54. The first-order chi connectivity index (χ1) is 11.5. The molecule has 2 unspecified atom stereocenters. The summed E-state index contributed by atoms with van der Waals surface area (Å²) in [6.07, 6.45) is 2.19. The predicted molar refractivity (Wildman–Crippen MR) is 97.4 cm³/mol. The SMILES string of the molecule is CC1CCCN(Cc2ccccc2CNC(=O)CC(O)C(C)C)C1. The van der Waals surface area contributed by atoms with Crippen LogP contribution in [-0.4, -0.2) is 35.1 Å². The Balaban J connectivity index is 1.90. The first kappa shape index (κ1) is 18.9. The zero-order valence-electron chi connectivity index (χ0n) is 15.3. The minimum Gasteiger partial charge on any atom is -0.392 e. The molecule has 1 heterocycles. The van der Waals surface area contributed by atoms with Gasteiger partial charge in [0.1, 0.15) is 0 Å². The maximum absolute atomic E-state index is 12.0. The van der Waals surface area contributed by atoms with Crippen LogP contribution >= 0.6 is 0 Å². The molecule has 4 nitrogen and oxygen atoms in total. The number of amides is 1. The molecule has 1 fully saturated rings. The van der Waals surface area contributed by atoms with Gasteiger partial charge >= 0.3 is 0 Å². The molecule has 0 aromatic heterocycles. The monoisotopic (exact) mass is 332 g/mol. The fourth-order valence-electron chi connectivity index (χ4n) is 3.25. The fraction of sp³-hybridized carbons (Fsp3) is 0.650. The van der Waals surface area contributed by atoms with Gasteiger partial charge in [-0.1, -0.05) is 45.0 Å². The van der Waals surface area contributed by atoms with Crippen molar-refractivity contribution in [3.63, 3.8) is 0 Å². The number of benzene rings is 1. The van der Waals surface area contributed by atoms with Gasteiger partial charge in [0.2, 0.25) is 5.91 Å². The van der Waals surface area contributed by atoms with Crippen molar-refractivity contribution in [3.8, 4) is 0 Å². The second-order valence-electron chi connectivity index (χ2n) is 7.54. The quantitative estimate of drug-likeness (QED) is 0.807. The van der Waals surface area contributed by atoms with Gasteiger partial charge in [0.25, 0.3) is 0 Å². The third-order valence-corrected chi connectivity index (χ3v) is 4.89. The van der Waals surface area contributed by atoms with E-state index >= 15 is 0 Å². The van der Waals surface area contributed by atoms with Crippen LogP contribution in [0.15, 0.2) is 24.3 Å². The number of rotatable bonds is 7. The van der Waals surface area contributed by atoms with Crippen molar-refractivity contribution in [2.45, 2.75) is 59.2 Å². The zero-order valence-corrected chi connectivity index (χ0v) is 15.3. The van der Waals surface area contributed by atoms with Gasteiger partial charge in [-0.05, 0) is 42.3 Å². The third kappa shape index (κ3) is 5.91. The Labute approximate surface area is 146 Å². The van der Waals surface area contributed by atoms with Crippen molar-refractivity contribution < 1.29 is 9.90 Å². The number of nitrogens with one attached hydrogen (secondary N) is 1. The Kier molecular flexibility index (Phi) is 7.25. The van der Waals surface area contributed by atoms with Crippen LogP contribution in [0, 0.1) is 11.8 Å². The molecule has 0 saturated carbocycles. The van der Waals surface area contributed by atoms with Crippen molar-refractivity contribution >= 4 is 5.91 Å². The molecule has 2 atom stereocenters. The topological polar surface area (TPSA) is 52.6 Å². The molecule has 0 spiro atoms. The molecule has 2 rings (SSSR count). The highest BCUT2D eigenvalue weighted by molar-refractivity contribution is 5.76. The van der Waals surface area contributed by atoms with Crippen molar-refractivity contribution in [1.29, 1.82) is 0 Å². The van der Waals surface area contributed by atoms with E-state index in [0.29, 0.717) is 6.54 Å². The highest BCUT2D eigenvalue weighted by Crippen LogP contribution is 2.19. The standard InChI is InChI=1S/C20H32N2O2/c1-15(2)19(23)11-20(24)21-12-17-8-4-5-9-18(17)14-22-10-6-7-16(3)13-22/h4-5,8-9,15-16,19,23H,6-7,10-14H2,1-3H3,(H,21,24). The number of aliphatic hydroxyl groups is 1. The molecule has 0 aliphatic carbocycles. The molecule has 134 valence electrons. The summed E-state index contributed by atoms with van der Waals surface area (Å²) in [5.74, 6) is 0.782. The maximum atomic E-state index is 12.0. The molecule has 4 heteroatoms. The van der Waals surface area contributed by atoms with Gasteiger partial charge in [0, 0.05) is 19.6 Å². The van der Waals surface area contributed by atoms with Gasteiger partial charge in [-0.15, -0.1) is 0 Å². The van der Waals surface area contributed by atoms with Crippen molar-refractivity contribution in [3.05, 3.63) is 35.4 Å². The number of nitrogens with zero attached hydrogens (tertiary/aromatic N) is 1. The number of carbonyl (C=O) groups is 1. The second-order valence-corrected chi connectivity index (χ2v) is 7.54. The molecule has 0 bridgehead atoms. The molecule has 1 aromatic rings. The van der Waals surface area contributed by atoms with Gasteiger partial charge in [0.15, 0.2) is 0 Å². The number of aliphatic hydroxyl groups excluding tert-OH is 1. The maximum Gasteiger partial charge on any atom is 0.222 e. The summed E-state index contributed by atoms with van der Waals surface area (Å²) in [7, 11) is 0. The van der Waals surface area contributed by atoms with Crippen LogP contribution in [0.4, 0.5) is 0 Å². The van der Waals surface area contributed by atoms with E-state index in [4.69, 9.17) is 0 Å². The largest absolute Gasteiger partial charge is 0.392 e. The summed E-state index contributed by atoms with van der Waals surface area (Å²) in [6, 6.07) is 8.33. The number of hydrogen-bond donors (Lipinski definition) is 2. The average molecular weight is 332 g/mol. The lowest BCUT2D eigenvalue weighted by Gasteiger charge is -2.31. The molecule has 1 amide bonds. The van der Waals surface area contributed by atoms with Crippen molar-refractivity contribution in [2.24, 2.45) is 11.8 Å². The van der Waals surface area contributed by atoms with Crippen LogP contribution in [0.3, 0.4) is 0 Å². The van der Waals surface area contributed by atoms with E-state index in [2.05, 4.69) is 35.3 Å². The van der Waals surface area contributed by atoms with E-state index in [1.807, 2.05) is 19.9 Å². The number of piperidine rings is 1. The Morgan fingerprint density at radius 3 is 2.71 bits per heavy atom. The lowest BCUT2D eigenvalue weighted by atomic mass is 9.99. The first-order valence-electron chi connectivity index (χ1n) is 9.19. The van der Waals surface area contributed by atoms with Crippen LogP contribution in [0.1, 0.15) is 51.2 Å². The molecule has 1 aliphatic rings. The molecule has 2 N–H and O–H groups in total. The molecule has 1 aromatic carbocycles. The van der Waals surface area contributed by atoms with E-state index in [1.54, 1.807) is 0 Å². The Bertz CT molecular complexity index is 530. The number of carbonyl (C=O) groups excluding carboxylic acids is 1. The third-order valence-electron chi connectivity index (χ3n) is 4.89. The molecule has 24 heavy (non-hydrogen) atoms. The summed E-state index contributed by atoms with van der Waals surface area (Å²) < 4.78 is 0. The van der Waals surface area contributed by atoms with Gasteiger partial charge in [-0.2, -0.15) is 0 Å². The van der Waals surface area contributed by atoms with Gasteiger partial charge in [-0.25, -0.2) is 0 Å². The van der Waals surface area contributed by atoms with Crippen LogP contribution in [-0.2, 0) is 17.9 Å². The van der Waals surface area contributed by atoms with E-state index in [0.717, 1.165) is 25.6 Å². The molecule has 0 radical (unpaired) electrons. The normalized spacial score (nSPS) is 20.1. The summed E-state index contributed by atoms with van der Waals surface area (Å²) in [5, 5.41) is 12.8. The van der Waals surface area contributed by atoms with Gasteiger partial charge in [-0.3, -0.25) is 9.69 Å². The highest BCUT2D eigenvalue weighted by Gasteiger charge is 2.18. The minimum absolute atomic E-state index is 0.0856. The van der Waals surface area contributed by atoms with Gasteiger partial charge in [0.05, 0.1) is 12.5 Å². The summed E-state index contributed by atoms with van der Waals surface area (Å²) in [5.41, 5.74) is 2.46. The van der Waals surface area contributed by atoms with E-state index in [-0.39, 0.29) is 18.2 Å². The minimum atomic E-state index is -0.574. The smallest absolute Gasteiger partial charge is 0.222 e. The first-order valence-corrected chi connectivity index (χ1v) is 9.19. The Hall–Kier alpha value is -1.39. The molecular formula is C20H32N2O2. The summed E-state index contributed by atoms with van der Waals surface area (Å²) in [4.78, 5) is 14.5. The Morgan fingerprint density at radius 1 is 1.33 bits per heavy atom. The lowest BCUT2D eigenvalue weighted by Crippen LogP contribution is -2.34. The van der Waals surface area contributed by atoms with E-state index in [1.165, 1.54) is 24.0 Å². The fourth-order valence-corrected chi connectivity index (χ4v) is 3.25.